The molecule has 2 aromatic rings. The van der Waals surface area contributed by atoms with Crippen LogP contribution in [0.15, 0.2) is 42.7 Å². The Kier molecular flexibility index (Phi) is 4.83. The molecule has 1 atom stereocenters. The molecule has 1 aromatic carbocycles. The van der Waals surface area contributed by atoms with E-state index in [4.69, 9.17) is 0 Å². The van der Waals surface area contributed by atoms with Crippen LogP contribution in [0.5, 0.6) is 0 Å². The fraction of sp³-hybridized carbons (Fsp3) is 0.368. The number of carbonyl (C=O) groups excluding carboxylic acids is 2. The number of aliphatic hydroxyl groups excluding tert-OH is 1. The van der Waals surface area contributed by atoms with Crippen LogP contribution in [0.3, 0.4) is 0 Å². The third-order valence-corrected chi connectivity index (χ3v) is 4.95. The van der Waals surface area contributed by atoms with Gasteiger partial charge >= 0.3 is 0 Å². The summed E-state index contributed by atoms with van der Waals surface area (Å²) in [4.78, 5) is 38.7. The lowest BCUT2D eigenvalue weighted by molar-refractivity contribution is 0.0469. The number of carbonyl (C=O) groups is 2. The minimum absolute atomic E-state index is 0.00829. The highest BCUT2D eigenvalue weighted by Crippen LogP contribution is 2.22. The molecule has 0 saturated carbocycles. The van der Waals surface area contributed by atoms with Crippen LogP contribution in [0.4, 0.5) is 5.95 Å². The fourth-order valence-electron chi connectivity index (χ4n) is 3.56. The lowest BCUT2D eigenvalue weighted by atomic mass is 10.1. The van der Waals surface area contributed by atoms with Crippen LogP contribution in [0.25, 0.3) is 0 Å². The van der Waals surface area contributed by atoms with Crippen LogP contribution in [0, 0.1) is 0 Å². The first-order chi connectivity index (χ1) is 13.1. The summed E-state index contributed by atoms with van der Waals surface area (Å²) < 4.78 is 0. The molecule has 0 radical (unpaired) electrons. The number of aliphatic hydroxyl groups is 1. The van der Waals surface area contributed by atoms with Crippen molar-refractivity contribution in [3.63, 3.8) is 0 Å². The Bertz CT molecular complexity index is 801. The Labute approximate surface area is 157 Å². The molecule has 0 spiro atoms. The van der Waals surface area contributed by atoms with Gasteiger partial charge in [0.25, 0.3) is 11.8 Å². The van der Waals surface area contributed by atoms with Gasteiger partial charge < -0.3 is 10.0 Å². The summed E-state index contributed by atoms with van der Waals surface area (Å²) >= 11 is 0. The van der Waals surface area contributed by atoms with E-state index in [1.54, 1.807) is 42.7 Å². The molecular weight excluding hydrogens is 346 g/mol. The Morgan fingerprint density at radius 3 is 2.07 bits per heavy atom. The molecule has 4 rings (SSSR count). The highest BCUT2D eigenvalue weighted by atomic mass is 16.3. The number of benzene rings is 1. The van der Waals surface area contributed by atoms with Gasteiger partial charge in [-0.2, -0.15) is 0 Å². The molecule has 8 nitrogen and oxygen atoms in total. The monoisotopic (exact) mass is 367 g/mol. The van der Waals surface area contributed by atoms with Crippen molar-refractivity contribution in [1.29, 1.82) is 0 Å². The first-order valence-corrected chi connectivity index (χ1v) is 9.01. The van der Waals surface area contributed by atoms with E-state index < -0.39 is 6.10 Å². The number of piperazine rings is 1. The van der Waals surface area contributed by atoms with E-state index in [0.717, 1.165) is 31.1 Å². The molecule has 0 aliphatic carbocycles. The zero-order chi connectivity index (χ0) is 18.8. The maximum absolute atomic E-state index is 12.4. The van der Waals surface area contributed by atoms with Crippen molar-refractivity contribution in [3.8, 4) is 0 Å². The van der Waals surface area contributed by atoms with Crippen LogP contribution in [-0.4, -0.2) is 82.1 Å². The molecule has 0 bridgehead atoms. The summed E-state index contributed by atoms with van der Waals surface area (Å²) in [5, 5.41) is 10.4. The summed E-state index contributed by atoms with van der Waals surface area (Å²) in [6, 6.07) is 8.55. The maximum atomic E-state index is 12.4. The number of amides is 2. The van der Waals surface area contributed by atoms with Crippen LogP contribution < -0.4 is 4.90 Å². The van der Waals surface area contributed by atoms with Crippen molar-refractivity contribution in [2.45, 2.75) is 6.10 Å². The number of rotatable bonds is 5. The SMILES string of the molecule is O=C1c2ccccc2C(=O)N1CC(O)CN1CCN(c2ncccn2)CC1. The van der Waals surface area contributed by atoms with Gasteiger partial charge in [-0.15, -0.1) is 0 Å². The maximum Gasteiger partial charge on any atom is 0.261 e. The van der Waals surface area contributed by atoms with Gasteiger partial charge in [0.05, 0.1) is 23.8 Å². The van der Waals surface area contributed by atoms with Crippen molar-refractivity contribution in [3.05, 3.63) is 53.9 Å². The van der Waals surface area contributed by atoms with Gasteiger partial charge in [-0.1, -0.05) is 12.1 Å². The second-order valence-corrected chi connectivity index (χ2v) is 6.76. The molecule has 3 heterocycles. The number of β-amino-alcohol motifs (C(OH)–C–C–N with tert-alkyl or cyclic N) is 1. The van der Waals surface area contributed by atoms with Gasteiger partial charge in [-0.3, -0.25) is 19.4 Å². The Morgan fingerprint density at radius 2 is 1.48 bits per heavy atom. The molecule has 27 heavy (non-hydrogen) atoms. The van der Waals surface area contributed by atoms with Crippen LogP contribution in [0.2, 0.25) is 0 Å². The molecule has 140 valence electrons. The van der Waals surface area contributed by atoms with Gasteiger partial charge in [0.2, 0.25) is 5.95 Å². The van der Waals surface area contributed by atoms with E-state index in [-0.39, 0.29) is 18.4 Å². The summed E-state index contributed by atoms with van der Waals surface area (Å²) in [6.45, 7) is 3.48. The number of aromatic nitrogens is 2. The lowest BCUT2D eigenvalue weighted by Gasteiger charge is -2.35. The molecule has 8 heteroatoms. The van der Waals surface area contributed by atoms with Gasteiger partial charge in [-0.05, 0) is 18.2 Å². The van der Waals surface area contributed by atoms with Crippen LogP contribution in [0.1, 0.15) is 20.7 Å². The van der Waals surface area contributed by atoms with Gasteiger partial charge in [-0.25, -0.2) is 9.97 Å². The molecule has 1 fully saturated rings. The van der Waals surface area contributed by atoms with E-state index in [2.05, 4.69) is 19.8 Å². The normalized spacial score (nSPS) is 18.7. The molecule has 2 amide bonds. The number of anilines is 1. The van der Waals surface area contributed by atoms with Gasteiger partial charge in [0.15, 0.2) is 0 Å². The first-order valence-electron chi connectivity index (χ1n) is 9.01. The molecule has 1 unspecified atom stereocenters. The predicted molar refractivity (Wildman–Crippen MR) is 98.5 cm³/mol. The van der Waals surface area contributed by atoms with Gasteiger partial charge in [0.1, 0.15) is 0 Å². The summed E-state index contributed by atoms with van der Waals surface area (Å²) in [6.07, 6.45) is 2.66. The quantitative estimate of drug-likeness (QED) is 0.758. The van der Waals surface area contributed by atoms with Crippen molar-refractivity contribution in [2.24, 2.45) is 0 Å². The second-order valence-electron chi connectivity index (χ2n) is 6.76. The summed E-state index contributed by atoms with van der Waals surface area (Å²) in [5.74, 6) is 0.0464. The number of hydrogen-bond donors (Lipinski definition) is 1. The fourth-order valence-corrected chi connectivity index (χ4v) is 3.56. The zero-order valence-corrected chi connectivity index (χ0v) is 14.9. The largest absolute Gasteiger partial charge is 0.390 e. The van der Waals surface area contributed by atoms with E-state index in [9.17, 15) is 14.7 Å². The zero-order valence-electron chi connectivity index (χ0n) is 14.9. The first kappa shape index (κ1) is 17.6. The molecule has 1 N–H and O–H groups in total. The highest BCUT2D eigenvalue weighted by Gasteiger charge is 2.36. The number of fused-ring (bicyclic) bond motifs is 1. The average molecular weight is 367 g/mol. The van der Waals surface area contributed by atoms with E-state index >= 15 is 0 Å². The average Bonchev–Trinajstić information content (AvgIpc) is 2.94. The van der Waals surface area contributed by atoms with Gasteiger partial charge in [0, 0.05) is 45.1 Å². The molecule has 1 saturated heterocycles. The summed E-state index contributed by atoms with van der Waals surface area (Å²) in [7, 11) is 0. The molecular formula is C19H21N5O3. The van der Waals surface area contributed by atoms with E-state index in [1.807, 2.05) is 0 Å². The van der Waals surface area contributed by atoms with E-state index in [1.165, 1.54) is 0 Å². The van der Waals surface area contributed by atoms with Crippen molar-refractivity contribution >= 4 is 17.8 Å². The van der Waals surface area contributed by atoms with Crippen LogP contribution >= 0.6 is 0 Å². The van der Waals surface area contributed by atoms with Crippen molar-refractivity contribution in [1.82, 2.24) is 19.8 Å². The Hall–Kier alpha value is -2.84. The minimum Gasteiger partial charge on any atom is -0.390 e. The van der Waals surface area contributed by atoms with E-state index in [0.29, 0.717) is 23.6 Å². The Morgan fingerprint density at radius 1 is 0.889 bits per heavy atom. The smallest absolute Gasteiger partial charge is 0.261 e. The third kappa shape index (κ3) is 3.54. The topological polar surface area (TPSA) is 89.9 Å². The Balaban J connectivity index is 1.30. The molecule has 2 aliphatic heterocycles. The number of hydrogen-bond acceptors (Lipinski definition) is 7. The van der Waals surface area contributed by atoms with Crippen molar-refractivity contribution in [2.75, 3.05) is 44.2 Å². The lowest BCUT2D eigenvalue weighted by Crippen LogP contribution is -2.50. The number of nitrogens with zero attached hydrogens (tertiary/aromatic N) is 5. The minimum atomic E-state index is -0.785. The van der Waals surface area contributed by atoms with Crippen molar-refractivity contribution < 1.29 is 14.7 Å². The number of imide groups is 1. The molecule has 1 aromatic heterocycles. The van der Waals surface area contributed by atoms with Crippen LogP contribution in [-0.2, 0) is 0 Å². The third-order valence-electron chi connectivity index (χ3n) is 4.95. The molecule has 2 aliphatic rings. The summed E-state index contributed by atoms with van der Waals surface area (Å²) in [5.41, 5.74) is 0.817. The second kappa shape index (κ2) is 7.42. The standard InChI is InChI=1S/C19H21N5O3/c25-14(13-24-17(26)15-4-1-2-5-16(15)18(24)27)12-22-8-10-23(11-9-22)19-20-6-3-7-21-19/h1-7,14,25H,8-13H2. The predicted octanol–water partition coefficient (Wildman–Crippen LogP) is 0.256. The highest BCUT2D eigenvalue weighted by molar-refractivity contribution is 6.21.